The Hall–Kier alpha value is -1.30. The van der Waals surface area contributed by atoms with Crippen LogP contribution in [0.4, 0.5) is 5.82 Å². The maximum absolute atomic E-state index is 11.2. The average molecular weight is 240 g/mol. The molecule has 1 heterocycles. The third kappa shape index (κ3) is 3.69. The van der Waals surface area contributed by atoms with Gasteiger partial charge in [0.05, 0.1) is 0 Å². The molecule has 2 N–H and O–H groups in total. The first-order valence-electron chi connectivity index (χ1n) is 5.00. The third-order valence-electron chi connectivity index (χ3n) is 2.10. The van der Waals surface area contributed by atoms with Gasteiger partial charge >= 0.3 is 0 Å². The van der Waals surface area contributed by atoms with Gasteiger partial charge in [-0.1, -0.05) is 6.92 Å². The van der Waals surface area contributed by atoms with Gasteiger partial charge in [-0.15, -0.1) is 10.2 Å². The Bertz CT molecular complexity index is 341. The maximum atomic E-state index is 11.2. The van der Waals surface area contributed by atoms with Crippen molar-refractivity contribution in [1.82, 2.24) is 15.5 Å². The molecular formula is C10H16N4OS. The van der Waals surface area contributed by atoms with E-state index in [-0.39, 0.29) is 5.91 Å². The van der Waals surface area contributed by atoms with Crippen LogP contribution in [0.5, 0.6) is 0 Å². The van der Waals surface area contributed by atoms with E-state index in [1.54, 1.807) is 30.9 Å². The number of hydrogen-bond donors (Lipinski definition) is 2. The Kier molecular flexibility index (Phi) is 5.04. The zero-order chi connectivity index (χ0) is 12.0. The topological polar surface area (TPSA) is 66.9 Å². The van der Waals surface area contributed by atoms with Crippen molar-refractivity contribution in [1.29, 1.82) is 0 Å². The Morgan fingerprint density at radius 3 is 2.75 bits per heavy atom. The highest BCUT2D eigenvalue weighted by molar-refractivity contribution is 7.99. The fourth-order valence-corrected chi connectivity index (χ4v) is 1.26. The first-order chi connectivity index (χ1) is 7.67. The number of carbonyl (C=O) groups is 1. The van der Waals surface area contributed by atoms with Gasteiger partial charge < -0.3 is 10.6 Å². The SMILES string of the molecule is CNC(=O)c1ccc(NCC(C)SC)nn1. The van der Waals surface area contributed by atoms with Crippen LogP contribution in [0.15, 0.2) is 12.1 Å². The number of hydrogen-bond acceptors (Lipinski definition) is 5. The number of aromatic nitrogens is 2. The van der Waals surface area contributed by atoms with Crippen molar-refractivity contribution in [2.75, 3.05) is 25.2 Å². The predicted molar refractivity (Wildman–Crippen MR) is 66.9 cm³/mol. The number of nitrogens with one attached hydrogen (secondary N) is 2. The van der Waals surface area contributed by atoms with E-state index in [4.69, 9.17) is 0 Å². The molecule has 88 valence electrons. The highest BCUT2D eigenvalue weighted by atomic mass is 32.2. The number of anilines is 1. The van der Waals surface area contributed by atoms with Gasteiger partial charge in [0.25, 0.3) is 5.91 Å². The third-order valence-corrected chi connectivity index (χ3v) is 3.07. The standard InChI is InChI=1S/C10H16N4OS/c1-7(16-3)6-12-9-5-4-8(13-14-9)10(15)11-2/h4-5,7H,6H2,1-3H3,(H,11,15)(H,12,14). The Morgan fingerprint density at radius 2 is 2.25 bits per heavy atom. The van der Waals surface area contributed by atoms with Gasteiger partial charge in [-0.05, 0) is 18.4 Å². The summed E-state index contributed by atoms with van der Waals surface area (Å²) in [5, 5.41) is 13.9. The minimum atomic E-state index is -0.225. The molecule has 1 atom stereocenters. The Labute approximate surface area is 99.4 Å². The van der Waals surface area contributed by atoms with Crippen LogP contribution in [-0.2, 0) is 0 Å². The fourth-order valence-electron chi connectivity index (χ4n) is 1.01. The average Bonchev–Trinajstić information content (AvgIpc) is 2.35. The molecule has 0 saturated heterocycles. The first-order valence-corrected chi connectivity index (χ1v) is 6.28. The highest BCUT2D eigenvalue weighted by Gasteiger charge is 2.05. The molecule has 1 unspecified atom stereocenters. The second kappa shape index (κ2) is 6.32. The number of nitrogens with zero attached hydrogens (tertiary/aromatic N) is 2. The van der Waals surface area contributed by atoms with Gasteiger partial charge in [0.2, 0.25) is 0 Å². The van der Waals surface area contributed by atoms with E-state index < -0.39 is 0 Å². The van der Waals surface area contributed by atoms with Gasteiger partial charge in [0.1, 0.15) is 5.82 Å². The zero-order valence-corrected chi connectivity index (χ0v) is 10.5. The van der Waals surface area contributed by atoms with Gasteiger partial charge in [0.15, 0.2) is 5.69 Å². The molecular weight excluding hydrogens is 224 g/mol. The van der Waals surface area contributed by atoms with Crippen LogP contribution in [0.25, 0.3) is 0 Å². The summed E-state index contributed by atoms with van der Waals surface area (Å²) in [6, 6.07) is 3.41. The van der Waals surface area contributed by atoms with Crippen LogP contribution in [0.2, 0.25) is 0 Å². The zero-order valence-electron chi connectivity index (χ0n) is 9.65. The summed E-state index contributed by atoms with van der Waals surface area (Å²) >= 11 is 1.78. The van der Waals surface area contributed by atoms with E-state index in [0.29, 0.717) is 16.8 Å². The largest absolute Gasteiger partial charge is 0.367 e. The van der Waals surface area contributed by atoms with E-state index in [1.807, 2.05) is 0 Å². The van der Waals surface area contributed by atoms with Gasteiger partial charge in [-0.25, -0.2) is 0 Å². The Morgan fingerprint density at radius 1 is 1.50 bits per heavy atom. The lowest BCUT2D eigenvalue weighted by molar-refractivity contribution is 0.0957. The molecule has 5 nitrogen and oxygen atoms in total. The monoisotopic (exact) mass is 240 g/mol. The van der Waals surface area contributed by atoms with Crippen molar-refractivity contribution in [3.05, 3.63) is 17.8 Å². The van der Waals surface area contributed by atoms with E-state index in [9.17, 15) is 4.79 Å². The van der Waals surface area contributed by atoms with Crippen molar-refractivity contribution >= 4 is 23.5 Å². The molecule has 0 fully saturated rings. The fraction of sp³-hybridized carbons (Fsp3) is 0.500. The molecule has 1 aromatic heterocycles. The number of amides is 1. The summed E-state index contributed by atoms with van der Waals surface area (Å²) in [7, 11) is 1.57. The molecule has 1 rings (SSSR count). The molecule has 0 aliphatic carbocycles. The van der Waals surface area contributed by atoms with E-state index in [0.717, 1.165) is 6.54 Å². The summed E-state index contributed by atoms with van der Waals surface area (Å²) in [5.41, 5.74) is 0.325. The maximum Gasteiger partial charge on any atom is 0.271 e. The molecule has 0 spiro atoms. The number of carbonyl (C=O) groups excluding carboxylic acids is 1. The minimum Gasteiger partial charge on any atom is -0.367 e. The van der Waals surface area contributed by atoms with Crippen LogP contribution in [-0.4, -0.2) is 41.2 Å². The van der Waals surface area contributed by atoms with Gasteiger partial charge in [-0.2, -0.15) is 11.8 Å². The van der Waals surface area contributed by atoms with Crippen LogP contribution in [0.1, 0.15) is 17.4 Å². The molecule has 0 aromatic carbocycles. The van der Waals surface area contributed by atoms with Crippen molar-refractivity contribution in [3.63, 3.8) is 0 Å². The van der Waals surface area contributed by atoms with Crippen LogP contribution in [0.3, 0.4) is 0 Å². The lowest BCUT2D eigenvalue weighted by Gasteiger charge is -2.09. The van der Waals surface area contributed by atoms with Crippen molar-refractivity contribution in [2.45, 2.75) is 12.2 Å². The van der Waals surface area contributed by atoms with Crippen LogP contribution in [0, 0.1) is 0 Å². The summed E-state index contributed by atoms with van der Waals surface area (Å²) in [6.45, 7) is 2.96. The van der Waals surface area contributed by atoms with Gasteiger partial charge in [0, 0.05) is 18.8 Å². The minimum absolute atomic E-state index is 0.225. The summed E-state index contributed by atoms with van der Waals surface area (Å²) in [4.78, 5) is 11.2. The van der Waals surface area contributed by atoms with E-state index in [2.05, 4.69) is 34.0 Å². The molecule has 16 heavy (non-hydrogen) atoms. The number of rotatable bonds is 5. The smallest absolute Gasteiger partial charge is 0.271 e. The quantitative estimate of drug-likeness (QED) is 0.803. The predicted octanol–water partition coefficient (Wildman–Crippen LogP) is 1.000. The molecule has 1 amide bonds. The van der Waals surface area contributed by atoms with E-state index >= 15 is 0 Å². The van der Waals surface area contributed by atoms with Gasteiger partial charge in [-0.3, -0.25) is 4.79 Å². The van der Waals surface area contributed by atoms with Crippen LogP contribution >= 0.6 is 11.8 Å². The Balaban J connectivity index is 2.54. The lowest BCUT2D eigenvalue weighted by Crippen LogP contribution is -2.20. The first kappa shape index (κ1) is 12.8. The summed E-state index contributed by atoms with van der Waals surface area (Å²) in [6.07, 6.45) is 2.06. The molecule has 0 saturated carbocycles. The lowest BCUT2D eigenvalue weighted by atomic mass is 10.3. The molecule has 0 aliphatic rings. The van der Waals surface area contributed by atoms with Crippen LogP contribution < -0.4 is 10.6 Å². The van der Waals surface area contributed by atoms with Crippen molar-refractivity contribution in [2.24, 2.45) is 0 Å². The molecule has 0 bridgehead atoms. The second-order valence-corrected chi connectivity index (χ2v) is 4.59. The van der Waals surface area contributed by atoms with E-state index in [1.165, 1.54) is 0 Å². The van der Waals surface area contributed by atoms with Crippen molar-refractivity contribution < 1.29 is 4.79 Å². The highest BCUT2D eigenvalue weighted by Crippen LogP contribution is 2.07. The molecule has 0 aliphatic heterocycles. The summed E-state index contributed by atoms with van der Waals surface area (Å²) < 4.78 is 0. The molecule has 1 aromatic rings. The molecule has 6 heteroatoms. The summed E-state index contributed by atoms with van der Waals surface area (Å²) in [5.74, 6) is 0.463. The van der Waals surface area contributed by atoms with Crippen molar-refractivity contribution in [3.8, 4) is 0 Å². The normalized spacial score (nSPS) is 11.9. The molecule has 0 radical (unpaired) electrons. The second-order valence-electron chi connectivity index (χ2n) is 3.31. The number of thioether (sulfide) groups is 1.